The summed E-state index contributed by atoms with van der Waals surface area (Å²) >= 11 is 5.80. The second-order valence-electron chi connectivity index (χ2n) is 4.79. The van der Waals surface area contributed by atoms with Crippen LogP contribution in [0.3, 0.4) is 0 Å². The van der Waals surface area contributed by atoms with Gasteiger partial charge in [-0.1, -0.05) is 48.0 Å². The van der Waals surface area contributed by atoms with Gasteiger partial charge in [-0.3, -0.25) is 4.79 Å². The average Bonchev–Trinajstić information content (AvgIpc) is 2.39. The van der Waals surface area contributed by atoms with Gasteiger partial charge in [-0.2, -0.15) is 0 Å². The summed E-state index contributed by atoms with van der Waals surface area (Å²) < 4.78 is 0. The molecule has 4 heteroatoms. The third kappa shape index (κ3) is 3.12. The number of anilines is 1. The molecule has 0 atom stereocenters. The Morgan fingerprint density at radius 2 is 1.79 bits per heavy atom. The quantitative estimate of drug-likeness (QED) is 0.868. The number of benzene rings is 1. The van der Waals surface area contributed by atoms with Crippen LogP contribution in [0.5, 0.6) is 0 Å². The maximum atomic E-state index is 12.4. The molecule has 2 aromatic rings. The molecule has 0 spiro atoms. The zero-order chi connectivity index (χ0) is 13.9. The van der Waals surface area contributed by atoms with E-state index in [1.807, 2.05) is 44.2 Å². The van der Waals surface area contributed by atoms with Crippen LogP contribution in [0.15, 0.2) is 48.5 Å². The molecule has 0 aliphatic rings. The molecule has 19 heavy (non-hydrogen) atoms. The molecule has 0 fully saturated rings. The van der Waals surface area contributed by atoms with E-state index >= 15 is 0 Å². The molecule has 1 heterocycles. The molecule has 0 saturated carbocycles. The maximum absolute atomic E-state index is 12.4. The Balaban J connectivity index is 2.20. The van der Waals surface area contributed by atoms with E-state index in [-0.39, 0.29) is 5.91 Å². The lowest BCUT2D eigenvalue weighted by Gasteiger charge is -2.23. The molecule has 1 aromatic carbocycles. The second-order valence-corrected chi connectivity index (χ2v) is 5.18. The third-order valence-corrected chi connectivity index (χ3v) is 3.23. The summed E-state index contributed by atoms with van der Waals surface area (Å²) in [6, 6.07) is 14.8. The summed E-state index contributed by atoms with van der Waals surface area (Å²) in [7, 11) is 0. The molecule has 1 aromatic heterocycles. The van der Waals surface area contributed by atoms with Gasteiger partial charge in [0.15, 0.2) is 0 Å². The van der Waals surface area contributed by atoms with Crippen LogP contribution in [0.25, 0.3) is 0 Å². The van der Waals surface area contributed by atoms with E-state index < -0.39 is 5.41 Å². The summed E-state index contributed by atoms with van der Waals surface area (Å²) in [5.74, 6) is 0.343. The topological polar surface area (TPSA) is 42.0 Å². The highest BCUT2D eigenvalue weighted by Crippen LogP contribution is 2.24. The van der Waals surface area contributed by atoms with Gasteiger partial charge in [0.05, 0.1) is 5.41 Å². The number of rotatable bonds is 3. The van der Waals surface area contributed by atoms with Crippen LogP contribution in [0.4, 0.5) is 5.82 Å². The molecule has 0 aliphatic heterocycles. The summed E-state index contributed by atoms with van der Waals surface area (Å²) in [4.78, 5) is 16.4. The van der Waals surface area contributed by atoms with Gasteiger partial charge >= 0.3 is 0 Å². The minimum atomic E-state index is -0.634. The van der Waals surface area contributed by atoms with Gasteiger partial charge in [-0.25, -0.2) is 4.98 Å². The van der Waals surface area contributed by atoms with E-state index in [0.717, 1.165) is 5.56 Å². The number of hydrogen-bond donors (Lipinski definition) is 1. The number of nitrogens with zero attached hydrogens (tertiary/aromatic N) is 1. The number of hydrogen-bond acceptors (Lipinski definition) is 2. The van der Waals surface area contributed by atoms with E-state index in [2.05, 4.69) is 10.3 Å². The van der Waals surface area contributed by atoms with Crippen LogP contribution in [-0.4, -0.2) is 10.9 Å². The molecule has 1 amide bonds. The van der Waals surface area contributed by atoms with Crippen molar-refractivity contribution in [3.8, 4) is 0 Å². The molecule has 2 rings (SSSR count). The fourth-order valence-electron chi connectivity index (χ4n) is 1.74. The first kappa shape index (κ1) is 13.6. The lowest BCUT2D eigenvalue weighted by Crippen LogP contribution is -2.34. The molecule has 0 unspecified atom stereocenters. The van der Waals surface area contributed by atoms with Gasteiger partial charge < -0.3 is 5.32 Å². The van der Waals surface area contributed by atoms with Gasteiger partial charge in [0.1, 0.15) is 11.0 Å². The van der Waals surface area contributed by atoms with Crippen LogP contribution in [0.2, 0.25) is 5.15 Å². The average molecular weight is 275 g/mol. The Labute approximate surface area is 117 Å². The van der Waals surface area contributed by atoms with Gasteiger partial charge in [0.25, 0.3) is 0 Å². The highest BCUT2D eigenvalue weighted by atomic mass is 35.5. The molecular weight excluding hydrogens is 260 g/mol. The van der Waals surface area contributed by atoms with Crippen molar-refractivity contribution in [2.24, 2.45) is 0 Å². The number of pyridine rings is 1. The number of halogens is 1. The molecule has 3 nitrogen and oxygen atoms in total. The van der Waals surface area contributed by atoms with Crippen molar-refractivity contribution in [3.63, 3.8) is 0 Å². The zero-order valence-electron chi connectivity index (χ0n) is 10.9. The van der Waals surface area contributed by atoms with E-state index in [0.29, 0.717) is 11.0 Å². The monoisotopic (exact) mass is 274 g/mol. The first-order valence-electron chi connectivity index (χ1n) is 6.00. The highest BCUT2D eigenvalue weighted by molar-refractivity contribution is 6.29. The van der Waals surface area contributed by atoms with Crippen molar-refractivity contribution >= 4 is 23.3 Å². The highest BCUT2D eigenvalue weighted by Gasteiger charge is 2.29. The van der Waals surface area contributed by atoms with Crippen LogP contribution in [-0.2, 0) is 10.2 Å². The largest absolute Gasteiger partial charge is 0.310 e. The van der Waals surface area contributed by atoms with Crippen molar-refractivity contribution in [2.45, 2.75) is 19.3 Å². The number of carbonyl (C=O) groups excluding carboxylic acids is 1. The number of carbonyl (C=O) groups is 1. The fraction of sp³-hybridized carbons (Fsp3) is 0.200. The van der Waals surface area contributed by atoms with E-state index in [1.165, 1.54) is 0 Å². The van der Waals surface area contributed by atoms with Gasteiger partial charge in [-0.15, -0.1) is 0 Å². The summed E-state index contributed by atoms with van der Waals surface area (Å²) in [5, 5.41) is 3.14. The Bertz CT molecular complexity index is 582. The number of nitrogens with one attached hydrogen (secondary N) is 1. The van der Waals surface area contributed by atoms with Crippen molar-refractivity contribution in [2.75, 3.05) is 5.32 Å². The second kappa shape index (κ2) is 5.41. The number of amides is 1. The van der Waals surface area contributed by atoms with Crippen LogP contribution >= 0.6 is 11.6 Å². The van der Waals surface area contributed by atoms with Gasteiger partial charge in [-0.05, 0) is 31.5 Å². The van der Waals surface area contributed by atoms with Crippen LogP contribution in [0, 0.1) is 0 Å². The van der Waals surface area contributed by atoms with Crippen LogP contribution < -0.4 is 5.32 Å². The van der Waals surface area contributed by atoms with Gasteiger partial charge in [0.2, 0.25) is 5.91 Å². The molecular formula is C15H15ClN2O. The molecule has 0 bridgehead atoms. The summed E-state index contributed by atoms with van der Waals surface area (Å²) in [6.07, 6.45) is 0. The Morgan fingerprint density at radius 1 is 1.11 bits per heavy atom. The van der Waals surface area contributed by atoms with E-state index in [4.69, 9.17) is 11.6 Å². The predicted molar refractivity (Wildman–Crippen MR) is 77.3 cm³/mol. The lowest BCUT2D eigenvalue weighted by molar-refractivity contribution is -0.120. The maximum Gasteiger partial charge on any atom is 0.235 e. The van der Waals surface area contributed by atoms with Crippen molar-refractivity contribution in [1.82, 2.24) is 4.98 Å². The smallest absolute Gasteiger partial charge is 0.235 e. The SMILES string of the molecule is CC(C)(C(=O)Nc1cccc(Cl)n1)c1ccccc1. The standard InChI is InChI=1S/C15H15ClN2O/c1-15(2,11-7-4-3-5-8-11)14(19)18-13-10-6-9-12(16)17-13/h3-10H,1-2H3,(H,17,18,19). The number of aromatic nitrogens is 1. The molecule has 98 valence electrons. The Morgan fingerprint density at radius 3 is 2.42 bits per heavy atom. The normalized spacial score (nSPS) is 11.1. The first-order chi connectivity index (χ1) is 9.00. The Kier molecular flexibility index (Phi) is 3.86. The van der Waals surface area contributed by atoms with Crippen molar-refractivity contribution < 1.29 is 4.79 Å². The lowest BCUT2D eigenvalue weighted by atomic mass is 9.84. The van der Waals surface area contributed by atoms with Gasteiger partial charge in [0, 0.05) is 0 Å². The summed E-state index contributed by atoms with van der Waals surface area (Å²) in [5.41, 5.74) is 0.320. The van der Waals surface area contributed by atoms with Crippen molar-refractivity contribution in [1.29, 1.82) is 0 Å². The Hall–Kier alpha value is -1.87. The van der Waals surface area contributed by atoms with Crippen molar-refractivity contribution in [3.05, 3.63) is 59.2 Å². The van der Waals surface area contributed by atoms with E-state index in [9.17, 15) is 4.79 Å². The molecule has 0 aliphatic carbocycles. The molecule has 0 radical (unpaired) electrons. The predicted octanol–water partition coefficient (Wildman–Crippen LogP) is 3.65. The molecule has 1 N–H and O–H groups in total. The fourth-order valence-corrected chi connectivity index (χ4v) is 1.90. The minimum Gasteiger partial charge on any atom is -0.310 e. The van der Waals surface area contributed by atoms with Crippen LogP contribution in [0.1, 0.15) is 19.4 Å². The zero-order valence-corrected chi connectivity index (χ0v) is 11.6. The molecule has 0 saturated heterocycles. The summed E-state index contributed by atoms with van der Waals surface area (Å²) in [6.45, 7) is 3.75. The minimum absolute atomic E-state index is 0.117. The first-order valence-corrected chi connectivity index (χ1v) is 6.37. The van der Waals surface area contributed by atoms with E-state index in [1.54, 1.807) is 18.2 Å². The third-order valence-electron chi connectivity index (χ3n) is 3.02.